The third kappa shape index (κ3) is 3.31. The largest absolute Gasteiger partial charge is 0.461 e. The summed E-state index contributed by atoms with van der Waals surface area (Å²) in [6.07, 6.45) is 1.54. The zero-order chi connectivity index (χ0) is 17.9. The number of aryl methyl sites for hydroxylation is 1. The van der Waals surface area contributed by atoms with Gasteiger partial charge in [0.25, 0.3) is 5.91 Å². The van der Waals surface area contributed by atoms with Gasteiger partial charge in [-0.1, -0.05) is 11.2 Å². The topological polar surface area (TPSA) is 86.1 Å². The van der Waals surface area contributed by atoms with Gasteiger partial charge in [-0.2, -0.15) is 5.10 Å². The Morgan fingerprint density at radius 1 is 1.27 bits per heavy atom. The van der Waals surface area contributed by atoms with Gasteiger partial charge in [-0.05, 0) is 36.6 Å². The first-order valence-electron chi connectivity index (χ1n) is 8.08. The molecule has 0 spiro atoms. The Hall–Kier alpha value is -3.13. The van der Waals surface area contributed by atoms with Crippen molar-refractivity contribution in [2.75, 3.05) is 6.54 Å². The lowest BCUT2D eigenvalue weighted by atomic mass is 10.3. The maximum Gasteiger partial charge on any atom is 0.273 e. The number of amides is 1. The van der Waals surface area contributed by atoms with Crippen molar-refractivity contribution in [1.82, 2.24) is 20.3 Å². The summed E-state index contributed by atoms with van der Waals surface area (Å²) in [5.41, 5.74) is 2.21. The first kappa shape index (κ1) is 16.3. The molecular formula is C18H16N4O3S. The van der Waals surface area contributed by atoms with E-state index in [0.717, 1.165) is 16.3 Å². The van der Waals surface area contributed by atoms with Crippen molar-refractivity contribution in [3.05, 3.63) is 59.4 Å². The zero-order valence-corrected chi connectivity index (χ0v) is 14.8. The minimum absolute atomic E-state index is 0.216. The molecule has 26 heavy (non-hydrogen) atoms. The predicted octanol–water partition coefficient (Wildman–Crippen LogP) is 3.60. The summed E-state index contributed by atoms with van der Waals surface area (Å²) < 4.78 is 12.2. The van der Waals surface area contributed by atoms with Gasteiger partial charge in [0.15, 0.2) is 11.5 Å². The fraction of sp³-hybridized carbons (Fsp3) is 0.167. The predicted molar refractivity (Wildman–Crippen MR) is 96.8 cm³/mol. The number of nitrogens with zero attached hydrogens (tertiary/aromatic N) is 3. The van der Waals surface area contributed by atoms with Crippen LogP contribution in [0, 0.1) is 6.92 Å². The number of furan rings is 1. The molecular weight excluding hydrogens is 352 g/mol. The summed E-state index contributed by atoms with van der Waals surface area (Å²) >= 11 is 1.65. The molecule has 132 valence electrons. The molecule has 0 aromatic carbocycles. The third-order valence-corrected chi connectivity index (χ3v) is 4.76. The van der Waals surface area contributed by atoms with Crippen molar-refractivity contribution in [3.63, 3.8) is 0 Å². The van der Waals surface area contributed by atoms with Gasteiger partial charge < -0.3 is 14.3 Å². The van der Waals surface area contributed by atoms with Crippen LogP contribution < -0.4 is 5.32 Å². The van der Waals surface area contributed by atoms with Crippen molar-refractivity contribution >= 4 is 17.2 Å². The molecule has 4 heterocycles. The van der Waals surface area contributed by atoms with Crippen LogP contribution in [0.5, 0.6) is 0 Å². The van der Waals surface area contributed by atoms with E-state index in [1.807, 2.05) is 35.2 Å². The Balaban J connectivity index is 1.35. The second kappa shape index (κ2) is 7.01. The number of nitrogens with one attached hydrogen (secondary N) is 1. The van der Waals surface area contributed by atoms with E-state index in [-0.39, 0.29) is 11.6 Å². The normalized spacial score (nSPS) is 11.0. The molecule has 4 rings (SSSR count). The fourth-order valence-corrected chi connectivity index (χ4v) is 3.25. The molecule has 0 atom stereocenters. The summed E-state index contributed by atoms with van der Waals surface area (Å²) in [5, 5.41) is 13.2. The summed E-state index contributed by atoms with van der Waals surface area (Å²) in [7, 11) is 0. The SMILES string of the molecule is Cc1cc(-c2cccs2)nn1CCNC(=O)c1cc(-c2ccco2)on1. The van der Waals surface area contributed by atoms with Crippen molar-refractivity contribution in [3.8, 4) is 22.1 Å². The number of carbonyl (C=O) groups excluding carboxylic acids is 1. The molecule has 0 aliphatic rings. The van der Waals surface area contributed by atoms with E-state index in [9.17, 15) is 4.79 Å². The van der Waals surface area contributed by atoms with Crippen LogP contribution in [0.25, 0.3) is 22.1 Å². The summed E-state index contributed by atoms with van der Waals surface area (Å²) in [5.74, 6) is 0.656. The summed E-state index contributed by atoms with van der Waals surface area (Å²) in [4.78, 5) is 13.3. The first-order valence-corrected chi connectivity index (χ1v) is 8.96. The van der Waals surface area contributed by atoms with Gasteiger partial charge in [-0.25, -0.2) is 0 Å². The van der Waals surface area contributed by atoms with Gasteiger partial charge in [0.05, 0.1) is 17.7 Å². The molecule has 0 saturated carbocycles. The van der Waals surface area contributed by atoms with Gasteiger partial charge in [0.1, 0.15) is 5.69 Å². The molecule has 0 fully saturated rings. The van der Waals surface area contributed by atoms with Crippen LogP contribution in [0.15, 0.2) is 57.0 Å². The number of rotatable bonds is 6. The average molecular weight is 368 g/mol. The number of thiophene rings is 1. The maximum atomic E-state index is 12.2. The molecule has 0 aliphatic heterocycles. The highest BCUT2D eigenvalue weighted by Gasteiger charge is 2.15. The van der Waals surface area contributed by atoms with E-state index in [0.29, 0.717) is 24.6 Å². The number of aromatic nitrogens is 3. The number of hydrogen-bond donors (Lipinski definition) is 1. The van der Waals surface area contributed by atoms with Gasteiger partial charge in [0, 0.05) is 18.3 Å². The minimum Gasteiger partial charge on any atom is -0.461 e. The van der Waals surface area contributed by atoms with Crippen LogP contribution in [0.4, 0.5) is 0 Å². The van der Waals surface area contributed by atoms with E-state index in [4.69, 9.17) is 8.94 Å². The van der Waals surface area contributed by atoms with E-state index in [2.05, 4.69) is 15.6 Å². The van der Waals surface area contributed by atoms with Crippen LogP contribution >= 0.6 is 11.3 Å². The molecule has 8 heteroatoms. The molecule has 1 N–H and O–H groups in total. The monoisotopic (exact) mass is 368 g/mol. The molecule has 0 unspecified atom stereocenters. The van der Waals surface area contributed by atoms with Crippen molar-refractivity contribution in [2.45, 2.75) is 13.5 Å². The van der Waals surface area contributed by atoms with E-state index in [1.165, 1.54) is 6.26 Å². The van der Waals surface area contributed by atoms with Gasteiger partial charge in [-0.15, -0.1) is 11.3 Å². The van der Waals surface area contributed by atoms with E-state index in [1.54, 1.807) is 29.5 Å². The minimum atomic E-state index is -0.296. The third-order valence-electron chi connectivity index (χ3n) is 3.87. The Kier molecular flexibility index (Phi) is 4.40. The average Bonchev–Trinajstić information content (AvgIpc) is 3.41. The van der Waals surface area contributed by atoms with Gasteiger partial charge in [0.2, 0.25) is 5.76 Å². The van der Waals surface area contributed by atoms with Crippen LogP contribution in [0.2, 0.25) is 0 Å². The zero-order valence-electron chi connectivity index (χ0n) is 14.0. The lowest BCUT2D eigenvalue weighted by Gasteiger charge is -2.05. The highest BCUT2D eigenvalue weighted by molar-refractivity contribution is 7.13. The van der Waals surface area contributed by atoms with Crippen LogP contribution in [-0.4, -0.2) is 27.4 Å². The molecule has 4 aromatic heterocycles. The standard InChI is InChI=1S/C18H16N4O3S/c1-12-10-13(17-5-3-9-26-17)20-22(12)7-6-19-18(23)14-11-16(25-21-14)15-4-2-8-24-15/h2-5,8-11H,6-7H2,1H3,(H,19,23). The second-order valence-corrected chi connectivity index (χ2v) is 6.63. The van der Waals surface area contributed by atoms with Crippen molar-refractivity contribution < 1.29 is 13.7 Å². The number of carbonyl (C=O) groups is 1. The van der Waals surface area contributed by atoms with Crippen molar-refractivity contribution in [1.29, 1.82) is 0 Å². The smallest absolute Gasteiger partial charge is 0.273 e. The Labute approximate surface area is 153 Å². The van der Waals surface area contributed by atoms with Crippen LogP contribution in [-0.2, 0) is 6.54 Å². The number of hydrogen-bond acceptors (Lipinski definition) is 6. The fourth-order valence-electron chi connectivity index (χ4n) is 2.56. The summed E-state index contributed by atoms with van der Waals surface area (Å²) in [6, 6.07) is 11.1. The van der Waals surface area contributed by atoms with E-state index >= 15 is 0 Å². The Morgan fingerprint density at radius 3 is 2.96 bits per heavy atom. The molecule has 7 nitrogen and oxygen atoms in total. The van der Waals surface area contributed by atoms with Crippen LogP contribution in [0.3, 0.4) is 0 Å². The molecule has 0 radical (unpaired) electrons. The molecule has 4 aromatic rings. The summed E-state index contributed by atoms with van der Waals surface area (Å²) in [6.45, 7) is 3.01. The first-order chi connectivity index (χ1) is 12.7. The molecule has 0 saturated heterocycles. The highest BCUT2D eigenvalue weighted by Crippen LogP contribution is 2.24. The van der Waals surface area contributed by atoms with E-state index < -0.39 is 0 Å². The maximum absolute atomic E-state index is 12.2. The lowest BCUT2D eigenvalue weighted by molar-refractivity contribution is 0.0943. The van der Waals surface area contributed by atoms with Crippen LogP contribution in [0.1, 0.15) is 16.2 Å². The van der Waals surface area contributed by atoms with Crippen molar-refractivity contribution in [2.24, 2.45) is 0 Å². The Morgan fingerprint density at radius 2 is 2.19 bits per heavy atom. The Bertz CT molecular complexity index is 1000. The van der Waals surface area contributed by atoms with Gasteiger partial charge in [-0.3, -0.25) is 9.48 Å². The lowest BCUT2D eigenvalue weighted by Crippen LogP contribution is -2.28. The molecule has 0 bridgehead atoms. The highest BCUT2D eigenvalue weighted by atomic mass is 32.1. The quantitative estimate of drug-likeness (QED) is 0.562. The molecule has 0 aliphatic carbocycles. The molecule has 1 amide bonds. The van der Waals surface area contributed by atoms with Gasteiger partial charge >= 0.3 is 0 Å². The second-order valence-electron chi connectivity index (χ2n) is 5.68.